The van der Waals surface area contributed by atoms with Crippen LogP contribution in [-0.2, 0) is 4.74 Å². The Morgan fingerprint density at radius 2 is 2.24 bits per heavy atom. The number of thioether (sulfide) groups is 1. The molecule has 0 fully saturated rings. The van der Waals surface area contributed by atoms with E-state index in [4.69, 9.17) is 9.94 Å². The maximum absolute atomic E-state index is 11.7. The predicted octanol–water partition coefficient (Wildman–Crippen LogP) is 3.15. The molecule has 0 aliphatic carbocycles. The maximum atomic E-state index is 11.7. The van der Waals surface area contributed by atoms with Gasteiger partial charge in [-0.3, -0.25) is 0 Å². The highest BCUT2D eigenvalue weighted by molar-refractivity contribution is 8.00. The molecule has 6 heteroatoms. The summed E-state index contributed by atoms with van der Waals surface area (Å²) >= 11 is 2.90. The lowest BCUT2D eigenvalue weighted by molar-refractivity contribution is 0.0531. The van der Waals surface area contributed by atoms with Crippen molar-refractivity contribution < 1.29 is 14.7 Å². The molecule has 1 aromatic rings. The number of carbonyl (C=O) groups excluding carboxylic acids is 1. The number of oxime groups is 1. The average Bonchev–Trinajstić information content (AvgIpc) is 2.65. The number of esters is 1. The van der Waals surface area contributed by atoms with E-state index in [0.29, 0.717) is 17.2 Å². The lowest BCUT2D eigenvalue weighted by atomic mass is 10.1. The van der Waals surface area contributed by atoms with Gasteiger partial charge >= 0.3 is 5.97 Å². The summed E-state index contributed by atoms with van der Waals surface area (Å²) in [6, 6.07) is 0. The Hall–Kier alpha value is -1.01. The molecule has 4 nitrogen and oxygen atoms in total. The molecular formula is C11H15NO3S2. The lowest BCUT2D eigenvalue weighted by Crippen LogP contribution is -2.05. The molecule has 0 bridgehead atoms. The molecule has 1 rings (SSSR count). The predicted molar refractivity (Wildman–Crippen MR) is 70.8 cm³/mol. The second kappa shape index (κ2) is 6.07. The van der Waals surface area contributed by atoms with Gasteiger partial charge in [0.2, 0.25) is 0 Å². The van der Waals surface area contributed by atoms with E-state index in [1.807, 2.05) is 13.2 Å². The minimum absolute atomic E-state index is 0.317. The van der Waals surface area contributed by atoms with Crippen LogP contribution in [0.3, 0.4) is 0 Å². The molecule has 0 spiro atoms. The van der Waals surface area contributed by atoms with Gasteiger partial charge in [-0.05, 0) is 32.6 Å². The van der Waals surface area contributed by atoms with Gasteiger partial charge in [0.1, 0.15) is 4.88 Å². The van der Waals surface area contributed by atoms with E-state index >= 15 is 0 Å². The molecule has 0 atom stereocenters. The van der Waals surface area contributed by atoms with Crippen LogP contribution < -0.4 is 0 Å². The van der Waals surface area contributed by atoms with Gasteiger partial charge in [-0.25, -0.2) is 4.79 Å². The Kier molecular flexibility index (Phi) is 5.02. The summed E-state index contributed by atoms with van der Waals surface area (Å²) < 4.78 is 5.95. The topological polar surface area (TPSA) is 58.9 Å². The van der Waals surface area contributed by atoms with Crippen LogP contribution in [0.1, 0.15) is 34.6 Å². The van der Waals surface area contributed by atoms with E-state index in [1.165, 1.54) is 23.1 Å². The Balaban J connectivity index is 3.28. The van der Waals surface area contributed by atoms with E-state index < -0.39 is 0 Å². The quantitative estimate of drug-likeness (QED) is 0.301. The van der Waals surface area contributed by atoms with Crippen LogP contribution >= 0.6 is 23.1 Å². The fraction of sp³-hybridized carbons (Fsp3) is 0.455. The SMILES string of the molecule is CCOC(=O)c1sc(SC)c(/C(C)=N/O)c1C. The van der Waals surface area contributed by atoms with Crippen molar-refractivity contribution in [2.45, 2.75) is 25.0 Å². The van der Waals surface area contributed by atoms with Crippen molar-refractivity contribution >= 4 is 34.8 Å². The van der Waals surface area contributed by atoms with Crippen LogP contribution in [0.25, 0.3) is 0 Å². The summed E-state index contributed by atoms with van der Waals surface area (Å²) in [5, 5.41) is 12.1. The van der Waals surface area contributed by atoms with Gasteiger partial charge in [-0.2, -0.15) is 0 Å². The standard InChI is InChI=1S/C11H15NO3S2/c1-5-15-10(13)9-6(2)8(7(3)12-14)11(16-4)17-9/h14H,5H2,1-4H3/b12-7+. The third-order valence-corrected chi connectivity index (χ3v) is 4.66. The molecular weight excluding hydrogens is 258 g/mol. The highest BCUT2D eigenvalue weighted by atomic mass is 32.2. The van der Waals surface area contributed by atoms with E-state index in [0.717, 1.165) is 15.3 Å². The number of nitrogens with zero attached hydrogens (tertiary/aromatic N) is 1. The number of hydrogen-bond donors (Lipinski definition) is 1. The fourth-order valence-corrected chi connectivity index (χ4v) is 3.57. The van der Waals surface area contributed by atoms with Crippen molar-refractivity contribution in [1.29, 1.82) is 0 Å². The summed E-state index contributed by atoms with van der Waals surface area (Å²) in [7, 11) is 0. The Morgan fingerprint density at radius 1 is 1.59 bits per heavy atom. The number of carbonyl (C=O) groups is 1. The Labute approximate surface area is 109 Å². The van der Waals surface area contributed by atoms with Crippen molar-refractivity contribution in [3.05, 3.63) is 16.0 Å². The monoisotopic (exact) mass is 273 g/mol. The number of ether oxygens (including phenoxy) is 1. The van der Waals surface area contributed by atoms with Crippen molar-refractivity contribution in [3.8, 4) is 0 Å². The zero-order valence-electron chi connectivity index (χ0n) is 10.2. The minimum atomic E-state index is -0.317. The molecule has 0 amide bonds. The van der Waals surface area contributed by atoms with Crippen molar-refractivity contribution in [2.24, 2.45) is 5.16 Å². The molecule has 1 heterocycles. The fourth-order valence-electron chi connectivity index (χ4n) is 1.49. The van der Waals surface area contributed by atoms with Crippen LogP contribution in [0.15, 0.2) is 9.36 Å². The molecule has 0 aromatic carbocycles. The van der Waals surface area contributed by atoms with Gasteiger partial charge in [0.15, 0.2) is 0 Å². The van der Waals surface area contributed by atoms with Crippen LogP contribution in [-0.4, -0.2) is 29.8 Å². The van der Waals surface area contributed by atoms with Crippen LogP contribution in [0.5, 0.6) is 0 Å². The second-order valence-electron chi connectivity index (χ2n) is 3.33. The molecule has 17 heavy (non-hydrogen) atoms. The van der Waals surface area contributed by atoms with Gasteiger partial charge in [-0.15, -0.1) is 23.1 Å². The third-order valence-electron chi connectivity index (χ3n) is 2.27. The number of hydrogen-bond acceptors (Lipinski definition) is 6. The molecule has 1 N–H and O–H groups in total. The molecule has 1 aromatic heterocycles. The molecule has 0 radical (unpaired) electrons. The van der Waals surface area contributed by atoms with Gasteiger partial charge < -0.3 is 9.94 Å². The normalized spacial score (nSPS) is 11.6. The first-order valence-electron chi connectivity index (χ1n) is 5.10. The summed E-state index contributed by atoms with van der Waals surface area (Å²) in [5.41, 5.74) is 2.15. The smallest absolute Gasteiger partial charge is 0.348 e. The first-order chi connectivity index (χ1) is 8.06. The summed E-state index contributed by atoms with van der Waals surface area (Å²) in [6.07, 6.45) is 1.92. The van der Waals surface area contributed by atoms with Gasteiger partial charge in [-0.1, -0.05) is 5.16 Å². The molecule has 0 unspecified atom stereocenters. The van der Waals surface area contributed by atoms with Crippen molar-refractivity contribution in [1.82, 2.24) is 0 Å². The molecule has 0 aliphatic rings. The van der Waals surface area contributed by atoms with Gasteiger partial charge in [0, 0.05) is 5.56 Å². The van der Waals surface area contributed by atoms with E-state index in [1.54, 1.807) is 13.8 Å². The van der Waals surface area contributed by atoms with Crippen LogP contribution in [0.4, 0.5) is 0 Å². The highest BCUT2D eigenvalue weighted by Gasteiger charge is 2.22. The van der Waals surface area contributed by atoms with E-state index in [2.05, 4.69) is 5.16 Å². The number of rotatable bonds is 4. The second-order valence-corrected chi connectivity index (χ2v) is 5.42. The zero-order valence-corrected chi connectivity index (χ0v) is 11.9. The number of thiophene rings is 1. The first-order valence-corrected chi connectivity index (χ1v) is 7.14. The van der Waals surface area contributed by atoms with Crippen molar-refractivity contribution in [2.75, 3.05) is 12.9 Å². The summed E-state index contributed by atoms with van der Waals surface area (Å²) in [6.45, 7) is 5.68. The van der Waals surface area contributed by atoms with Crippen LogP contribution in [0, 0.1) is 6.92 Å². The lowest BCUT2D eigenvalue weighted by Gasteiger charge is -2.01. The average molecular weight is 273 g/mol. The van der Waals surface area contributed by atoms with E-state index in [-0.39, 0.29) is 5.97 Å². The molecule has 0 saturated carbocycles. The summed E-state index contributed by atoms with van der Waals surface area (Å²) in [5.74, 6) is -0.317. The highest BCUT2D eigenvalue weighted by Crippen LogP contribution is 2.35. The molecule has 0 saturated heterocycles. The third kappa shape index (κ3) is 2.81. The Bertz CT molecular complexity index is 452. The molecule has 94 valence electrons. The zero-order chi connectivity index (χ0) is 13.0. The maximum Gasteiger partial charge on any atom is 0.348 e. The minimum Gasteiger partial charge on any atom is -0.462 e. The first kappa shape index (κ1) is 14.1. The van der Waals surface area contributed by atoms with Gasteiger partial charge in [0.05, 0.1) is 16.5 Å². The summed E-state index contributed by atoms with van der Waals surface area (Å²) in [4.78, 5) is 12.3. The van der Waals surface area contributed by atoms with Crippen LogP contribution in [0.2, 0.25) is 0 Å². The largest absolute Gasteiger partial charge is 0.462 e. The Morgan fingerprint density at radius 3 is 2.71 bits per heavy atom. The van der Waals surface area contributed by atoms with Crippen molar-refractivity contribution in [3.63, 3.8) is 0 Å². The molecule has 0 aliphatic heterocycles. The van der Waals surface area contributed by atoms with E-state index in [9.17, 15) is 4.79 Å². The van der Waals surface area contributed by atoms with Gasteiger partial charge in [0.25, 0.3) is 0 Å².